The monoisotopic (exact) mass is 215 g/mol. The van der Waals surface area contributed by atoms with Crippen molar-refractivity contribution in [3.8, 4) is 17.6 Å². The van der Waals surface area contributed by atoms with E-state index in [2.05, 4.69) is 11.8 Å². The van der Waals surface area contributed by atoms with Crippen molar-refractivity contribution in [1.82, 2.24) is 0 Å². The zero-order chi connectivity index (χ0) is 11.4. The molecule has 1 unspecified atom stereocenters. The molecular weight excluding hydrogens is 198 g/mol. The van der Waals surface area contributed by atoms with Gasteiger partial charge in [0.1, 0.15) is 5.75 Å². The Kier molecular flexibility index (Phi) is 3.48. The third-order valence-electron chi connectivity index (χ3n) is 2.52. The summed E-state index contributed by atoms with van der Waals surface area (Å²) in [6.45, 7) is 2.03. The Labute approximate surface area is 96.8 Å². The van der Waals surface area contributed by atoms with E-state index < -0.39 is 0 Å². The molecular formula is C14H17NO. The molecule has 1 saturated carbocycles. The van der Waals surface area contributed by atoms with E-state index in [1.54, 1.807) is 0 Å². The first-order valence-corrected chi connectivity index (χ1v) is 5.82. The van der Waals surface area contributed by atoms with E-state index in [1.807, 2.05) is 31.2 Å². The van der Waals surface area contributed by atoms with E-state index in [9.17, 15) is 0 Å². The Bertz CT molecular complexity index is 395. The molecule has 0 radical (unpaired) electrons. The molecule has 84 valence electrons. The second-order valence-electron chi connectivity index (χ2n) is 4.13. The van der Waals surface area contributed by atoms with Crippen LogP contribution in [0.3, 0.4) is 0 Å². The maximum Gasteiger partial charge on any atom is 0.119 e. The molecule has 1 fully saturated rings. The number of hydrogen-bond acceptors (Lipinski definition) is 2. The highest BCUT2D eigenvalue weighted by atomic mass is 16.5. The van der Waals surface area contributed by atoms with E-state index in [-0.39, 0.29) is 6.04 Å². The summed E-state index contributed by atoms with van der Waals surface area (Å²) < 4.78 is 5.65. The summed E-state index contributed by atoms with van der Waals surface area (Å²) in [7, 11) is 0. The van der Waals surface area contributed by atoms with Crippen LogP contribution in [0.15, 0.2) is 24.3 Å². The van der Waals surface area contributed by atoms with Crippen molar-refractivity contribution >= 4 is 0 Å². The van der Waals surface area contributed by atoms with Crippen LogP contribution in [-0.2, 0) is 0 Å². The lowest BCUT2D eigenvalue weighted by Gasteiger charge is -2.03. The highest BCUT2D eigenvalue weighted by Crippen LogP contribution is 2.26. The lowest BCUT2D eigenvalue weighted by atomic mass is 10.2. The van der Waals surface area contributed by atoms with Gasteiger partial charge in [0.15, 0.2) is 0 Å². The van der Waals surface area contributed by atoms with Crippen LogP contribution in [0.2, 0.25) is 0 Å². The summed E-state index contributed by atoms with van der Waals surface area (Å²) in [6, 6.07) is 7.88. The van der Waals surface area contributed by atoms with Crippen molar-refractivity contribution in [2.24, 2.45) is 5.73 Å². The number of rotatable bonds is 3. The maximum absolute atomic E-state index is 5.73. The predicted molar refractivity (Wildman–Crippen MR) is 65.2 cm³/mol. The van der Waals surface area contributed by atoms with Gasteiger partial charge in [-0.25, -0.2) is 0 Å². The van der Waals surface area contributed by atoms with Crippen molar-refractivity contribution < 1.29 is 4.74 Å². The van der Waals surface area contributed by atoms with Crippen LogP contribution in [-0.4, -0.2) is 12.1 Å². The van der Waals surface area contributed by atoms with E-state index in [0.29, 0.717) is 6.10 Å². The normalized spacial score (nSPS) is 16.1. The molecule has 1 aromatic carbocycles. The minimum Gasteiger partial charge on any atom is -0.490 e. The van der Waals surface area contributed by atoms with E-state index in [4.69, 9.17) is 10.5 Å². The van der Waals surface area contributed by atoms with Gasteiger partial charge in [0, 0.05) is 5.56 Å². The zero-order valence-corrected chi connectivity index (χ0v) is 9.57. The molecule has 2 N–H and O–H groups in total. The third kappa shape index (κ3) is 3.29. The minimum absolute atomic E-state index is 0.0256. The molecule has 0 aromatic heterocycles. The smallest absolute Gasteiger partial charge is 0.119 e. The van der Waals surface area contributed by atoms with Crippen LogP contribution < -0.4 is 10.5 Å². The highest BCUT2D eigenvalue weighted by molar-refractivity contribution is 5.39. The van der Waals surface area contributed by atoms with Crippen molar-refractivity contribution in [3.63, 3.8) is 0 Å². The quantitative estimate of drug-likeness (QED) is 0.785. The molecule has 2 heteroatoms. The summed E-state index contributed by atoms with van der Waals surface area (Å²) >= 11 is 0. The second-order valence-corrected chi connectivity index (χ2v) is 4.13. The standard InChI is InChI=1S/C14H17NO/c1-2-12(15)6-3-11-4-7-13(8-5-11)16-14-9-10-14/h4-5,7-8,12,14H,2,9-10,15H2,1H3. The minimum atomic E-state index is -0.0256. The van der Waals surface area contributed by atoms with Gasteiger partial charge >= 0.3 is 0 Å². The number of ether oxygens (including phenoxy) is 1. The first-order chi connectivity index (χ1) is 7.78. The van der Waals surface area contributed by atoms with Gasteiger partial charge in [-0.2, -0.15) is 0 Å². The van der Waals surface area contributed by atoms with Crippen LogP contribution in [0.5, 0.6) is 5.75 Å². The summed E-state index contributed by atoms with van der Waals surface area (Å²) in [4.78, 5) is 0. The summed E-state index contributed by atoms with van der Waals surface area (Å²) in [5.41, 5.74) is 6.72. The van der Waals surface area contributed by atoms with E-state index in [0.717, 1.165) is 17.7 Å². The fourth-order valence-corrected chi connectivity index (χ4v) is 1.27. The van der Waals surface area contributed by atoms with Gasteiger partial charge in [-0.15, -0.1) is 0 Å². The fourth-order valence-electron chi connectivity index (χ4n) is 1.27. The molecule has 2 nitrogen and oxygen atoms in total. The molecule has 0 bridgehead atoms. The van der Waals surface area contributed by atoms with Gasteiger partial charge in [-0.3, -0.25) is 0 Å². The maximum atomic E-state index is 5.73. The highest BCUT2D eigenvalue weighted by Gasteiger charge is 2.23. The topological polar surface area (TPSA) is 35.2 Å². The molecule has 0 spiro atoms. The molecule has 16 heavy (non-hydrogen) atoms. The van der Waals surface area contributed by atoms with Gasteiger partial charge in [0.2, 0.25) is 0 Å². The van der Waals surface area contributed by atoms with Gasteiger partial charge < -0.3 is 10.5 Å². The van der Waals surface area contributed by atoms with E-state index in [1.165, 1.54) is 12.8 Å². The molecule has 2 rings (SSSR count). The van der Waals surface area contributed by atoms with Crippen LogP contribution in [0.4, 0.5) is 0 Å². The van der Waals surface area contributed by atoms with Gasteiger partial charge in [-0.1, -0.05) is 18.8 Å². The van der Waals surface area contributed by atoms with Gasteiger partial charge in [0.05, 0.1) is 12.1 Å². The van der Waals surface area contributed by atoms with Crippen molar-refractivity contribution in [3.05, 3.63) is 29.8 Å². The van der Waals surface area contributed by atoms with Crippen LogP contribution >= 0.6 is 0 Å². The first-order valence-electron chi connectivity index (χ1n) is 5.82. The van der Waals surface area contributed by atoms with Gasteiger partial charge in [0.25, 0.3) is 0 Å². The molecule has 0 saturated heterocycles. The fraction of sp³-hybridized carbons (Fsp3) is 0.429. The second kappa shape index (κ2) is 5.05. The van der Waals surface area contributed by atoms with Crippen molar-refractivity contribution in [2.45, 2.75) is 38.3 Å². The number of nitrogens with two attached hydrogens (primary N) is 1. The molecule has 1 aromatic rings. The van der Waals surface area contributed by atoms with Crippen LogP contribution in [0.1, 0.15) is 31.7 Å². The van der Waals surface area contributed by atoms with Gasteiger partial charge in [-0.05, 0) is 43.5 Å². The third-order valence-corrected chi connectivity index (χ3v) is 2.52. The average Bonchev–Trinajstić information content (AvgIpc) is 3.11. The Morgan fingerprint density at radius 3 is 2.62 bits per heavy atom. The predicted octanol–water partition coefficient (Wildman–Crippen LogP) is 2.32. The Balaban J connectivity index is 1.97. The Morgan fingerprint density at radius 1 is 1.38 bits per heavy atom. The summed E-state index contributed by atoms with van der Waals surface area (Å²) in [6.07, 6.45) is 3.71. The van der Waals surface area contributed by atoms with E-state index >= 15 is 0 Å². The Morgan fingerprint density at radius 2 is 2.06 bits per heavy atom. The lowest BCUT2D eigenvalue weighted by molar-refractivity contribution is 0.303. The zero-order valence-electron chi connectivity index (χ0n) is 9.57. The van der Waals surface area contributed by atoms with Crippen molar-refractivity contribution in [1.29, 1.82) is 0 Å². The Hall–Kier alpha value is -1.46. The molecule has 1 aliphatic rings. The average molecular weight is 215 g/mol. The lowest BCUT2D eigenvalue weighted by Crippen LogP contribution is -2.15. The molecule has 0 amide bonds. The van der Waals surface area contributed by atoms with Crippen LogP contribution in [0, 0.1) is 11.8 Å². The molecule has 0 heterocycles. The first kappa shape index (κ1) is 11.0. The number of benzene rings is 1. The molecule has 1 atom stereocenters. The summed E-state index contributed by atoms with van der Waals surface area (Å²) in [5, 5.41) is 0. The number of hydrogen-bond donors (Lipinski definition) is 1. The molecule has 0 aliphatic heterocycles. The largest absolute Gasteiger partial charge is 0.490 e. The summed E-state index contributed by atoms with van der Waals surface area (Å²) in [5.74, 6) is 7.01. The van der Waals surface area contributed by atoms with Crippen molar-refractivity contribution in [2.75, 3.05) is 0 Å². The SMILES string of the molecule is CCC(N)C#Cc1ccc(OC2CC2)cc1. The molecule has 1 aliphatic carbocycles. The van der Waals surface area contributed by atoms with Crippen LogP contribution in [0.25, 0.3) is 0 Å².